The van der Waals surface area contributed by atoms with E-state index in [9.17, 15) is 4.79 Å². The van der Waals surface area contributed by atoms with Crippen molar-refractivity contribution in [2.75, 3.05) is 39.4 Å². The van der Waals surface area contributed by atoms with Crippen LogP contribution in [-0.4, -0.2) is 66.1 Å². The molecule has 132 valence electrons. The molecule has 0 radical (unpaired) electrons. The monoisotopic (exact) mass is 331 g/mol. The molecule has 5 heteroatoms. The van der Waals surface area contributed by atoms with Crippen molar-refractivity contribution in [2.45, 2.75) is 45.1 Å². The number of hydrogen-bond acceptors (Lipinski definition) is 4. The third-order valence-corrected chi connectivity index (χ3v) is 5.09. The normalized spacial score (nSPS) is 19.5. The van der Waals surface area contributed by atoms with E-state index in [1.165, 1.54) is 25.9 Å². The molecule has 1 aromatic heterocycles. The van der Waals surface area contributed by atoms with Crippen LogP contribution < -0.4 is 0 Å². The lowest BCUT2D eigenvalue weighted by molar-refractivity contribution is 0.0281. The first-order valence-corrected chi connectivity index (χ1v) is 9.27. The van der Waals surface area contributed by atoms with E-state index in [2.05, 4.69) is 14.8 Å². The number of carbonyl (C=O) groups excluding carboxylic acids is 1. The second-order valence-electron chi connectivity index (χ2n) is 7.00. The van der Waals surface area contributed by atoms with E-state index < -0.39 is 0 Å². The van der Waals surface area contributed by atoms with Gasteiger partial charge in [0, 0.05) is 38.2 Å². The molecule has 0 unspecified atom stereocenters. The highest BCUT2D eigenvalue weighted by molar-refractivity contribution is 5.94. The molecule has 2 aliphatic rings. The first-order valence-electron chi connectivity index (χ1n) is 9.27. The van der Waals surface area contributed by atoms with Gasteiger partial charge in [0.05, 0.1) is 5.56 Å². The van der Waals surface area contributed by atoms with Crippen LogP contribution in [-0.2, 0) is 4.74 Å². The highest BCUT2D eigenvalue weighted by Gasteiger charge is 2.27. The van der Waals surface area contributed by atoms with Crippen LogP contribution >= 0.6 is 0 Å². The van der Waals surface area contributed by atoms with Gasteiger partial charge in [0.2, 0.25) is 0 Å². The molecule has 2 aliphatic heterocycles. The molecule has 0 aromatic carbocycles. The number of amides is 1. The van der Waals surface area contributed by atoms with Gasteiger partial charge in [-0.25, -0.2) is 0 Å². The van der Waals surface area contributed by atoms with Gasteiger partial charge in [0.25, 0.3) is 5.91 Å². The zero-order chi connectivity index (χ0) is 16.8. The summed E-state index contributed by atoms with van der Waals surface area (Å²) in [6.07, 6.45) is 9.05. The molecule has 0 atom stereocenters. The van der Waals surface area contributed by atoms with Gasteiger partial charge in [0.15, 0.2) is 0 Å². The molecule has 3 rings (SSSR count). The minimum atomic E-state index is 0.125. The van der Waals surface area contributed by atoms with Crippen LogP contribution in [0.15, 0.2) is 18.5 Å². The Labute approximate surface area is 145 Å². The van der Waals surface area contributed by atoms with Gasteiger partial charge in [-0.1, -0.05) is 0 Å². The number of likely N-dealkylation sites (tertiary alicyclic amines) is 1. The quantitative estimate of drug-likeness (QED) is 0.803. The smallest absolute Gasteiger partial charge is 0.255 e. The summed E-state index contributed by atoms with van der Waals surface area (Å²) in [5.74, 6) is 0.125. The first-order chi connectivity index (χ1) is 11.7. The molecule has 0 aliphatic carbocycles. The largest absolute Gasteiger partial charge is 0.381 e. The van der Waals surface area contributed by atoms with Crippen molar-refractivity contribution in [3.63, 3.8) is 0 Å². The third-order valence-electron chi connectivity index (χ3n) is 5.09. The molecule has 0 N–H and O–H groups in total. The van der Waals surface area contributed by atoms with Gasteiger partial charge >= 0.3 is 0 Å². The Hall–Kier alpha value is -1.46. The second kappa shape index (κ2) is 8.58. The van der Waals surface area contributed by atoms with Crippen molar-refractivity contribution in [3.8, 4) is 0 Å². The number of carbonyl (C=O) groups is 1. The molecule has 1 amide bonds. The third kappa shape index (κ3) is 4.54. The SMILES string of the molecule is Cc1cncc(C(=O)N(CCCN2CCCC2)C2CCOCC2)c1. The van der Waals surface area contributed by atoms with Crippen molar-refractivity contribution in [1.82, 2.24) is 14.8 Å². The van der Waals surface area contributed by atoms with E-state index in [-0.39, 0.29) is 5.91 Å². The Kier molecular flexibility index (Phi) is 6.21. The van der Waals surface area contributed by atoms with Gasteiger partial charge in [-0.05, 0) is 70.3 Å². The Balaban J connectivity index is 1.64. The van der Waals surface area contributed by atoms with Crippen LogP contribution in [0, 0.1) is 6.92 Å². The summed E-state index contributed by atoms with van der Waals surface area (Å²) < 4.78 is 5.48. The Morgan fingerprint density at radius 2 is 2.04 bits per heavy atom. The average molecular weight is 331 g/mol. The molecule has 5 nitrogen and oxygen atoms in total. The van der Waals surface area contributed by atoms with E-state index in [4.69, 9.17) is 4.74 Å². The first kappa shape index (κ1) is 17.4. The highest BCUT2D eigenvalue weighted by Crippen LogP contribution is 2.19. The van der Waals surface area contributed by atoms with Gasteiger partial charge in [-0.3, -0.25) is 9.78 Å². The zero-order valence-corrected chi connectivity index (χ0v) is 14.7. The topological polar surface area (TPSA) is 45.7 Å². The van der Waals surface area contributed by atoms with Crippen LogP contribution in [0.2, 0.25) is 0 Å². The van der Waals surface area contributed by atoms with Crippen molar-refractivity contribution in [2.24, 2.45) is 0 Å². The fourth-order valence-corrected chi connectivity index (χ4v) is 3.76. The van der Waals surface area contributed by atoms with Gasteiger partial charge in [-0.15, -0.1) is 0 Å². The van der Waals surface area contributed by atoms with Crippen molar-refractivity contribution < 1.29 is 9.53 Å². The Bertz CT molecular complexity index is 537. The molecular formula is C19H29N3O2. The minimum Gasteiger partial charge on any atom is -0.381 e. The van der Waals surface area contributed by atoms with Crippen LogP contribution in [0.1, 0.15) is 48.0 Å². The van der Waals surface area contributed by atoms with Crippen LogP contribution in [0.3, 0.4) is 0 Å². The summed E-state index contributed by atoms with van der Waals surface area (Å²) in [5, 5.41) is 0. The molecule has 24 heavy (non-hydrogen) atoms. The lowest BCUT2D eigenvalue weighted by atomic mass is 10.0. The number of hydrogen-bond donors (Lipinski definition) is 0. The zero-order valence-electron chi connectivity index (χ0n) is 14.7. The maximum Gasteiger partial charge on any atom is 0.255 e. The molecule has 1 aromatic rings. The maximum atomic E-state index is 13.1. The summed E-state index contributed by atoms with van der Waals surface area (Å²) in [6, 6.07) is 2.24. The molecule has 2 saturated heterocycles. The fraction of sp³-hybridized carbons (Fsp3) is 0.684. The van der Waals surface area contributed by atoms with Gasteiger partial charge < -0.3 is 14.5 Å². The molecule has 0 spiro atoms. The molecular weight excluding hydrogens is 302 g/mol. The molecule has 0 bridgehead atoms. The summed E-state index contributed by atoms with van der Waals surface area (Å²) in [6.45, 7) is 7.85. The second-order valence-corrected chi connectivity index (χ2v) is 7.00. The number of aryl methyl sites for hydroxylation is 1. The summed E-state index contributed by atoms with van der Waals surface area (Å²) in [4.78, 5) is 21.8. The fourth-order valence-electron chi connectivity index (χ4n) is 3.76. The molecule has 2 fully saturated rings. The number of rotatable bonds is 6. The van der Waals surface area contributed by atoms with E-state index >= 15 is 0 Å². The highest BCUT2D eigenvalue weighted by atomic mass is 16.5. The summed E-state index contributed by atoms with van der Waals surface area (Å²) in [7, 11) is 0. The Morgan fingerprint density at radius 3 is 2.75 bits per heavy atom. The van der Waals surface area contributed by atoms with Crippen LogP contribution in [0.4, 0.5) is 0 Å². The number of nitrogens with zero attached hydrogens (tertiary/aromatic N) is 3. The van der Waals surface area contributed by atoms with E-state index in [1.54, 1.807) is 12.4 Å². The number of pyridine rings is 1. The van der Waals surface area contributed by atoms with E-state index in [0.717, 1.165) is 51.1 Å². The number of ether oxygens (including phenoxy) is 1. The summed E-state index contributed by atoms with van der Waals surface area (Å²) >= 11 is 0. The van der Waals surface area contributed by atoms with Gasteiger partial charge in [-0.2, -0.15) is 0 Å². The lowest BCUT2D eigenvalue weighted by Gasteiger charge is -2.35. The average Bonchev–Trinajstić information content (AvgIpc) is 3.12. The van der Waals surface area contributed by atoms with E-state index in [0.29, 0.717) is 11.6 Å². The standard InChI is InChI=1S/C19H29N3O2/c1-16-13-17(15-20-14-16)19(23)22(18-5-11-24-12-6-18)10-4-9-21-7-2-3-8-21/h13-15,18H,2-12H2,1H3. The summed E-state index contributed by atoms with van der Waals surface area (Å²) in [5.41, 5.74) is 1.74. The van der Waals surface area contributed by atoms with Gasteiger partial charge in [0.1, 0.15) is 0 Å². The van der Waals surface area contributed by atoms with Crippen molar-refractivity contribution in [1.29, 1.82) is 0 Å². The Morgan fingerprint density at radius 1 is 1.29 bits per heavy atom. The predicted octanol–water partition coefficient (Wildman–Crippen LogP) is 2.50. The van der Waals surface area contributed by atoms with Crippen LogP contribution in [0.25, 0.3) is 0 Å². The van der Waals surface area contributed by atoms with E-state index in [1.807, 2.05) is 13.0 Å². The van der Waals surface area contributed by atoms with Crippen molar-refractivity contribution in [3.05, 3.63) is 29.6 Å². The lowest BCUT2D eigenvalue weighted by Crippen LogP contribution is -2.44. The van der Waals surface area contributed by atoms with Crippen molar-refractivity contribution >= 4 is 5.91 Å². The minimum absolute atomic E-state index is 0.125. The predicted molar refractivity (Wildman–Crippen MR) is 94.1 cm³/mol. The number of aromatic nitrogens is 1. The maximum absolute atomic E-state index is 13.1. The van der Waals surface area contributed by atoms with Crippen LogP contribution in [0.5, 0.6) is 0 Å². The molecule has 3 heterocycles. The molecule has 0 saturated carbocycles.